The molecular formula is C18H26Cl2N2O. The smallest absolute Gasteiger partial charge is 0.220 e. The number of hydrogen-bond acceptors (Lipinski definition) is 2. The monoisotopic (exact) mass is 356 g/mol. The highest BCUT2D eigenvalue weighted by Gasteiger charge is 2.44. The summed E-state index contributed by atoms with van der Waals surface area (Å²) in [6.07, 6.45) is 6.43. The van der Waals surface area contributed by atoms with Crippen LogP contribution in [-0.4, -0.2) is 25.5 Å². The molecule has 0 spiro atoms. The van der Waals surface area contributed by atoms with Crippen molar-refractivity contribution in [1.29, 1.82) is 0 Å². The summed E-state index contributed by atoms with van der Waals surface area (Å²) in [5.74, 6) is 0.928. The number of carbonyl (C=O) groups excluding carboxylic acids is 1. The highest BCUT2D eigenvalue weighted by Crippen LogP contribution is 2.47. The fraction of sp³-hybridized carbons (Fsp3) is 0.611. The number of amides is 1. The van der Waals surface area contributed by atoms with Crippen LogP contribution in [0.2, 0.25) is 5.02 Å². The standard InChI is InChI=1S/C18H25ClN2O.ClH/c19-16-4-2-15(3-5-16)18(9-10-18)13-21-17(22)6-1-14-7-11-20-12-8-14;/h2-5,14,20H,1,6-13H2,(H,21,22);1H. The van der Waals surface area contributed by atoms with Gasteiger partial charge in [-0.2, -0.15) is 0 Å². The number of halogens is 2. The van der Waals surface area contributed by atoms with Crippen molar-refractivity contribution in [3.63, 3.8) is 0 Å². The third-order valence-electron chi connectivity index (χ3n) is 5.17. The molecule has 5 heteroatoms. The second kappa shape index (κ2) is 8.36. The Kier molecular flexibility index (Phi) is 6.75. The van der Waals surface area contributed by atoms with Crippen molar-refractivity contribution >= 4 is 29.9 Å². The lowest BCUT2D eigenvalue weighted by Crippen LogP contribution is -2.33. The quantitative estimate of drug-likeness (QED) is 0.815. The van der Waals surface area contributed by atoms with Crippen molar-refractivity contribution in [1.82, 2.24) is 10.6 Å². The van der Waals surface area contributed by atoms with E-state index >= 15 is 0 Å². The van der Waals surface area contributed by atoms with Crippen LogP contribution >= 0.6 is 24.0 Å². The van der Waals surface area contributed by atoms with Crippen LogP contribution in [0.5, 0.6) is 0 Å². The minimum absolute atomic E-state index is 0. The van der Waals surface area contributed by atoms with Crippen LogP contribution in [0.15, 0.2) is 24.3 Å². The van der Waals surface area contributed by atoms with E-state index < -0.39 is 0 Å². The molecule has 2 aliphatic rings. The first-order chi connectivity index (χ1) is 10.7. The van der Waals surface area contributed by atoms with Gasteiger partial charge in [-0.25, -0.2) is 0 Å². The second-order valence-corrected chi connectivity index (χ2v) is 7.23. The maximum atomic E-state index is 12.1. The Hall–Kier alpha value is -0.770. The van der Waals surface area contributed by atoms with Gasteiger partial charge in [0.15, 0.2) is 0 Å². The summed E-state index contributed by atoms with van der Waals surface area (Å²) in [4.78, 5) is 12.1. The zero-order valence-electron chi connectivity index (χ0n) is 13.4. The molecule has 23 heavy (non-hydrogen) atoms. The predicted molar refractivity (Wildman–Crippen MR) is 97.4 cm³/mol. The molecule has 1 saturated carbocycles. The lowest BCUT2D eigenvalue weighted by molar-refractivity contribution is -0.121. The summed E-state index contributed by atoms with van der Waals surface area (Å²) >= 11 is 5.95. The fourth-order valence-corrected chi connectivity index (χ4v) is 3.51. The molecular weight excluding hydrogens is 331 g/mol. The van der Waals surface area contributed by atoms with Gasteiger partial charge < -0.3 is 10.6 Å². The van der Waals surface area contributed by atoms with Crippen LogP contribution in [0, 0.1) is 5.92 Å². The molecule has 2 fully saturated rings. The molecule has 1 aliphatic carbocycles. The van der Waals surface area contributed by atoms with Gasteiger partial charge >= 0.3 is 0 Å². The van der Waals surface area contributed by atoms with Gasteiger partial charge in [0.25, 0.3) is 0 Å². The lowest BCUT2D eigenvalue weighted by Gasteiger charge is -2.22. The largest absolute Gasteiger partial charge is 0.355 e. The first-order valence-electron chi connectivity index (χ1n) is 8.41. The normalized spacial score (nSPS) is 19.7. The first kappa shape index (κ1) is 18.6. The summed E-state index contributed by atoms with van der Waals surface area (Å²) < 4.78 is 0. The van der Waals surface area contributed by atoms with Crippen LogP contribution in [-0.2, 0) is 10.2 Å². The molecule has 0 unspecified atom stereocenters. The van der Waals surface area contributed by atoms with E-state index in [1.165, 1.54) is 18.4 Å². The number of benzene rings is 1. The molecule has 1 amide bonds. The first-order valence-corrected chi connectivity index (χ1v) is 8.79. The second-order valence-electron chi connectivity index (χ2n) is 6.80. The SMILES string of the molecule is Cl.O=C(CCC1CCNCC1)NCC1(c2ccc(Cl)cc2)CC1. The van der Waals surface area contributed by atoms with Crippen molar-refractivity contribution in [2.24, 2.45) is 5.92 Å². The van der Waals surface area contributed by atoms with E-state index in [0.717, 1.165) is 49.8 Å². The molecule has 0 atom stereocenters. The van der Waals surface area contributed by atoms with E-state index in [1.54, 1.807) is 0 Å². The summed E-state index contributed by atoms with van der Waals surface area (Å²) in [6.45, 7) is 2.97. The van der Waals surface area contributed by atoms with E-state index in [0.29, 0.717) is 6.42 Å². The molecule has 1 aromatic carbocycles. The molecule has 1 saturated heterocycles. The number of piperidine rings is 1. The molecule has 3 nitrogen and oxygen atoms in total. The van der Waals surface area contributed by atoms with E-state index in [2.05, 4.69) is 22.8 Å². The predicted octanol–water partition coefficient (Wildman–Crippen LogP) is 3.69. The van der Waals surface area contributed by atoms with E-state index in [-0.39, 0.29) is 23.7 Å². The van der Waals surface area contributed by atoms with Crippen LogP contribution in [0.25, 0.3) is 0 Å². The molecule has 2 N–H and O–H groups in total. The Morgan fingerprint density at radius 2 is 1.87 bits per heavy atom. The van der Waals surface area contributed by atoms with Gasteiger partial charge in [0.05, 0.1) is 0 Å². The van der Waals surface area contributed by atoms with Gasteiger partial charge in [-0.15, -0.1) is 12.4 Å². The van der Waals surface area contributed by atoms with Gasteiger partial charge in [-0.1, -0.05) is 23.7 Å². The van der Waals surface area contributed by atoms with Gasteiger partial charge in [-0.3, -0.25) is 4.79 Å². The van der Waals surface area contributed by atoms with Crippen LogP contribution in [0.1, 0.15) is 44.1 Å². The third-order valence-corrected chi connectivity index (χ3v) is 5.42. The van der Waals surface area contributed by atoms with Crippen LogP contribution in [0.4, 0.5) is 0 Å². The molecule has 128 valence electrons. The van der Waals surface area contributed by atoms with Crippen molar-refractivity contribution in [3.8, 4) is 0 Å². The Morgan fingerprint density at radius 1 is 1.22 bits per heavy atom. The summed E-state index contributed by atoms with van der Waals surface area (Å²) in [5, 5.41) is 7.29. The number of carbonyl (C=O) groups is 1. The van der Waals surface area contributed by atoms with Gasteiger partial charge in [0.1, 0.15) is 0 Å². The van der Waals surface area contributed by atoms with E-state index in [9.17, 15) is 4.79 Å². The topological polar surface area (TPSA) is 41.1 Å². The molecule has 1 aliphatic heterocycles. The number of nitrogens with one attached hydrogen (secondary N) is 2. The van der Waals surface area contributed by atoms with Crippen LogP contribution in [0.3, 0.4) is 0 Å². The van der Waals surface area contributed by atoms with E-state index in [1.807, 2.05) is 12.1 Å². The maximum Gasteiger partial charge on any atom is 0.220 e. The van der Waals surface area contributed by atoms with Crippen molar-refractivity contribution in [2.45, 2.75) is 43.9 Å². The van der Waals surface area contributed by atoms with Crippen LogP contribution < -0.4 is 10.6 Å². The highest BCUT2D eigenvalue weighted by atomic mass is 35.5. The minimum Gasteiger partial charge on any atom is -0.355 e. The highest BCUT2D eigenvalue weighted by molar-refractivity contribution is 6.30. The average Bonchev–Trinajstić information content (AvgIpc) is 3.34. The Morgan fingerprint density at radius 3 is 2.48 bits per heavy atom. The minimum atomic E-state index is 0. The summed E-state index contributed by atoms with van der Waals surface area (Å²) in [5.41, 5.74) is 1.46. The molecule has 0 bridgehead atoms. The zero-order chi connectivity index (χ0) is 15.4. The van der Waals surface area contributed by atoms with Crippen molar-refractivity contribution < 1.29 is 4.79 Å². The number of rotatable bonds is 6. The summed E-state index contributed by atoms with van der Waals surface area (Å²) in [6, 6.07) is 8.07. The van der Waals surface area contributed by atoms with Crippen molar-refractivity contribution in [3.05, 3.63) is 34.9 Å². The number of hydrogen-bond donors (Lipinski definition) is 2. The van der Waals surface area contributed by atoms with Crippen molar-refractivity contribution in [2.75, 3.05) is 19.6 Å². The molecule has 1 aromatic rings. The van der Waals surface area contributed by atoms with Gasteiger partial charge in [-0.05, 0) is 68.8 Å². The maximum absolute atomic E-state index is 12.1. The molecule has 1 heterocycles. The molecule has 0 aromatic heterocycles. The molecule has 3 rings (SSSR count). The average molecular weight is 357 g/mol. The van der Waals surface area contributed by atoms with Gasteiger partial charge in [0.2, 0.25) is 5.91 Å². The third kappa shape index (κ3) is 5.10. The Bertz CT molecular complexity index is 508. The fourth-order valence-electron chi connectivity index (χ4n) is 3.38. The Labute approximate surface area is 150 Å². The van der Waals surface area contributed by atoms with Gasteiger partial charge in [0, 0.05) is 23.4 Å². The summed E-state index contributed by atoms with van der Waals surface area (Å²) in [7, 11) is 0. The Balaban J connectivity index is 0.00000192. The molecule has 0 radical (unpaired) electrons. The van der Waals surface area contributed by atoms with E-state index in [4.69, 9.17) is 11.6 Å². The zero-order valence-corrected chi connectivity index (χ0v) is 15.0. The lowest BCUT2D eigenvalue weighted by atomic mass is 9.93.